The summed E-state index contributed by atoms with van der Waals surface area (Å²) in [6.07, 6.45) is 23.7. The molecule has 0 aromatic carbocycles. The number of isocyanates is 1. The minimum Gasteiger partial charge on any atom is -0.463 e. The number of rotatable bonds is 18. The van der Waals surface area contributed by atoms with Gasteiger partial charge in [-0.25, -0.2) is 14.6 Å². The Morgan fingerprint density at radius 1 is 0.625 bits per heavy atom. The van der Waals surface area contributed by atoms with Crippen molar-refractivity contribution in [1.82, 2.24) is 5.32 Å². The summed E-state index contributed by atoms with van der Waals surface area (Å²) in [5.74, 6) is 3.23. The van der Waals surface area contributed by atoms with Crippen molar-refractivity contribution in [3.05, 3.63) is 0 Å². The number of nitriles is 1. The lowest BCUT2D eigenvalue weighted by molar-refractivity contribution is -0.146. The fourth-order valence-electron chi connectivity index (χ4n) is 8.53. The molecule has 48 heavy (non-hydrogen) atoms. The molecule has 11 nitrogen and oxygen atoms in total. The summed E-state index contributed by atoms with van der Waals surface area (Å²) in [4.78, 5) is 38.9. The summed E-state index contributed by atoms with van der Waals surface area (Å²) in [6.45, 7) is 1.85. The predicted octanol–water partition coefficient (Wildman–Crippen LogP) is 6.78. The first kappa shape index (κ1) is 38.1. The predicted molar refractivity (Wildman–Crippen MR) is 178 cm³/mol. The van der Waals surface area contributed by atoms with Crippen molar-refractivity contribution in [3.8, 4) is 6.26 Å². The first-order valence-electron chi connectivity index (χ1n) is 18.9. The summed E-state index contributed by atoms with van der Waals surface area (Å²) >= 11 is 0. The SMILES string of the molecule is N#COC1CCC(CC2CCC(NC(=O)OCCOCCOCCOC(=O)CC3CCC(CC4CCC(N=C=O)CC4)CC3)CC2)CC1. The number of hydrogen-bond acceptors (Lipinski definition) is 10. The molecular formula is C37H59N3O8. The van der Waals surface area contributed by atoms with Gasteiger partial charge in [-0.15, -0.1) is 0 Å². The van der Waals surface area contributed by atoms with Gasteiger partial charge in [-0.3, -0.25) is 4.79 Å². The molecule has 0 aromatic heterocycles. The summed E-state index contributed by atoms with van der Waals surface area (Å²) in [5, 5.41) is 11.7. The maximum absolute atomic E-state index is 12.3. The summed E-state index contributed by atoms with van der Waals surface area (Å²) in [5.41, 5.74) is 0. The Labute approximate surface area is 287 Å². The summed E-state index contributed by atoms with van der Waals surface area (Å²) in [7, 11) is 0. The van der Waals surface area contributed by atoms with Gasteiger partial charge in [0.2, 0.25) is 6.08 Å². The Kier molecular flexibility index (Phi) is 17.6. The highest BCUT2D eigenvalue weighted by molar-refractivity contribution is 5.69. The zero-order chi connectivity index (χ0) is 33.8. The van der Waals surface area contributed by atoms with Crippen molar-refractivity contribution in [3.63, 3.8) is 0 Å². The molecule has 0 spiro atoms. The summed E-state index contributed by atoms with van der Waals surface area (Å²) < 4.78 is 26.8. The molecule has 4 fully saturated rings. The first-order chi connectivity index (χ1) is 23.5. The van der Waals surface area contributed by atoms with Gasteiger partial charge < -0.3 is 29.0 Å². The molecule has 1 N–H and O–H groups in total. The molecule has 0 radical (unpaired) electrons. The molecule has 4 aliphatic rings. The minimum absolute atomic E-state index is 0.116. The molecule has 1 amide bonds. The van der Waals surface area contributed by atoms with Crippen LogP contribution in [0.3, 0.4) is 0 Å². The van der Waals surface area contributed by atoms with Crippen LogP contribution >= 0.6 is 0 Å². The van der Waals surface area contributed by atoms with Crippen LogP contribution in [0.15, 0.2) is 4.99 Å². The molecule has 4 rings (SSSR count). The van der Waals surface area contributed by atoms with Crippen molar-refractivity contribution in [1.29, 1.82) is 5.26 Å². The number of nitrogens with zero attached hydrogens (tertiary/aromatic N) is 2. The van der Waals surface area contributed by atoms with Crippen LogP contribution in [-0.2, 0) is 33.3 Å². The molecule has 4 aliphatic carbocycles. The Morgan fingerprint density at radius 2 is 1.10 bits per heavy atom. The normalized spacial score (nSPS) is 30.6. The Bertz CT molecular complexity index is 1010. The van der Waals surface area contributed by atoms with Crippen molar-refractivity contribution in [2.24, 2.45) is 34.6 Å². The van der Waals surface area contributed by atoms with Crippen LogP contribution in [0.1, 0.15) is 122 Å². The van der Waals surface area contributed by atoms with Gasteiger partial charge in [-0.1, -0.05) is 12.8 Å². The van der Waals surface area contributed by atoms with E-state index in [1.54, 1.807) is 6.08 Å². The van der Waals surface area contributed by atoms with E-state index in [4.69, 9.17) is 28.9 Å². The standard InChI is InChI=1S/C37H59N3O8/c38-26-48-35-15-9-31(10-16-35)24-30-7-13-34(14-8-30)40-37(43)47-22-20-45-18-17-44-19-21-46-36(42)25-32-3-1-28(2-4-32)23-29-5-11-33(12-6-29)39-27-41/h28-35H,1-25H2,(H,40,43). The zero-order valence-electron chi connectivity index (χ0n) is 29.0. The van der Waals surface area contributed by atoms with Gasteiger partial charge >= 0.3 is 12.1 Å². The highest BCUT2D eigenvalue weighted by Gasteiger charge is 2.29. The fraction of sp³-hybridized carbons (Fsp3) is 0.892. The third-order valence-electron chi connectivity index (χ3n) is 11.3. The molecule has 11 heteroatoms. The third kappa shape index (κ3) is 14.8. The maximum atomic E-state index is 12.3. The molecule has 0 saturated heterocycles. The van der Waals surface area contributed by atoms with Crippen molar-refractivity contribution in [2.45, 2.75) is 140 Å². The fourth-order valence-corrected chi connectivity index (χ4v) is 8.53. The van der Waals surface area contributed by atoms with E-state index in [1.807, 2.05) is 6.26 Å². The van der Waals surface area contributed by atoms with E-state index >= 15 is 0 Å². The molecular weight excluding hydrogens is 614 g/mol. The van der Waals surface area contributed by atoms with Gasteiger partial charge in [0.1, 0.15) is 19.3 Å². The number of carbonyl (C=O) groups excluding carboxylic acids is 3. The molecule has 0 atom stereocenters. The molecule has 0 aliphatic heterocycles. The van der Waals surface area contributed by atoms with Crippen LogP contribution < -0.4 is 5.32 Å². The summed E-state index contributed by atoms with van der Waals surface area (Å²) in [6, 6.07) is 0.359. The average Bonchev–Trinajstić information content (AvgIpc) is 3.09. The molecule has 0 unspecified atom stereocenters. The van der Waals surface area contributed by atoms with Crippen LogP contribution in [0, 0.1) is 41.1 Å². The van der Waals surface area contributed by atoms with Crippen molar-refractivity contribution < 1.29 is 38.1 Å². The van der Waals surface area contributed by atoms with E-state index in [0.717, 1.165) is 114 Å². The van der Waals surface area contributed by atoms with Gasteiger partial charge in [0.15, 0.2) is 0 Å². The zero-order valence-corrected chi connectivity index (χ0v) is 29.0. The second-order valence-corrected chi connectivity index (χ2v) is 14.8. The molecule has 270 valence electrons. The lowest BCUT2D eigenvalue weighted by atomic mass is 9.74. The van der Waals surface area contributed by atoms with Crippen LogP contribution in [0.25, 0.3) is 0 Å². The van der Waals surface area contributed by atoms with Gasteiger partial charge in [-0.05, 0) is 132 Å². The average molecular weight is 674 g/mol. The highest BCUT2D eigenvalue weighted by Crippen LogP contribution is 2.39. The number of carbonyl (C=O) groups is 2. The topological polar surface area (TPSA) is 146 Å². The van der Waals surface area contributed by atoms with Crippen molar-refractivity contribution in [2.75, 3.05) is 39.6 Å². The van der Waals surface area contributed by atoms with Crippen molar-refractivity contribution >= 4 is 18.1 Å². The second-order valence-electron chi connectivity index (χ2n) is 14.8. The van der Waals surface area contributed by atoms with Crippen LogP contribution in [-0.4, -0.2) is 76.0 Å². The largest absolute Gasteiger partial charge is 0.463 e. The highest BCUT2D eigenvalue weighted by atomic mass is 16.6. The quantitative estimate of drug-likeness (QED) is 0.0547. The van der Waals surface area contributed by atoms with E-state index in [0.29, 0.717) is 38.8 Å². The number of nitrogens with one attached hydrogen (secondary N) is 1. The van der Waals surface area contributed by atoms with Crippen LogP contribution in [0.2, 0.25) is 0 Å². The molecule has 0 bridgehead atoms. The van der Waals surface area contributed by atoms with Gasteiger partial charge in [0, 0.05) is 12.5 Å². The van der Waals surface area contributed by atoms with E-state index in [9.17, 15) is 14.4 Å². The van der Waals surface area contributed by atoms with Gasteiger partial charge in [-0.2, -0.15) is 5.26 Å². The van der Waals surface area contributed by atoms with Crippen LogP contribution in [0.5, 0.6) is 0 Å². The van der Waals surface area contributed by atoms with E-state index in [2.05, 4.69) is 10.3 Å². The first-order valence-corrected chi connectivity index (χ1v) is 18.9. The number of aliphatic imine (C=N–C) groups is 1. The second kappa shape index (κ2) is 22.1. The van der Waals surface area contributed by atoms with Gasteiger partial charge in [0.05, 0.1) is 32.5 Å². The third-order valence-corrected chi connectivity index (χ3v) is 11.3. The monoisotopic (exact) mass is 673 g/mol. The molecule has 4 saturated carbocycles. The Balaban J connectivity index is 0.896. The van der Waals surface area contributed by atoms with Crippen LogP contribution in [0.4, 0.5) is 4.79 Å². The lowest BCUT2D eigenvalue weighted by Gasteiger charge is -2.33. The number of amides is 1. The van der Waals surface area contributed by atoms with E-state index < -0.39 is 0 Å². The Hall–Kier alpha value is -2.67. The lowest BCUT2D eigenvalue weighted by Crippen LogP contribution is -2.38. The van der Waals surface area contributed by atoms with E-state index in [1.165, 1.54) is 25.7 Å². The molecule has 0 heterocycles. The van der Waals surface area contributed by atoms with Gasteiger partial charge in [0.25, 0.3) is 6.26 Å². The number of alkyl carbamates (subject to hydrolysis) is 1. The number of esters is 1. The number of hydrogen-bond donors (Lipinski definition) is 1. The molecule has 0 aromatic rings. The smallest absolute Gasteiger partial charge is 0.407 e. The number of ether oxygens (including phenoxy) is 5. The Morgan fingerprint density at radius 3 is 1.67 bits per heavy atom. The maximum Gasteiger partial charge on any atom is 0.407 e. The minimum atomic E-state index is -0.384. The van der Waals surface area contributed by atoms with E-state index in [-0.39, 0.29) is 43.5 Å².